The molecule has 158 valence electrons. The zero-order valence-corrected chi connectivity index (χ0v) is 18.3. The van der Waals surface area contributed by atoms with Gasteiger partial charge in [-0.15, -0.1) is 11.8 Å². The molecule has 0 radical (unpaired) electrons. The van der Waals surface area contributed by atoms with Gasteiger partial charge in [0.05, 0.1) is 17.7 Å². The molecule has 2 aliphatic rings. The molecular weight excluding hydrogens is 422 g/mol. The SMILES string of the molecule is COc1ccccc1NC(=O)N1CCC2(CC1)SCCN2C(=O)c1cccc(Cl)c1. The number of rotatable bonds is 3. The molecule has 6 nitrogen and oxygen atoms in total. The molecule has 2 saturated heterocycles. The number of hydrogen-bond donors (Lipinski definition) is 1. The van der Waals surface area contributed by atoms with Crippen LogP contribution in [0.25, 0.3) is 0 Å². The summed E-state index contributed by atoms with van der Waals surface area (Å²) >= 11 is 7.90. The van der Waals surface area contributed by atoms with Crippen molar-refractivity contribution in [2.75, 3.05) is 37.8 Å². The van der Waals surface area contributed by atoms with E-state index in [1.54, 1.807) is 36.3 Å². The summed E-state index contributed by atoms with van der Waals surface area (Å²) in [6.07, 6.45) is 1.48. The number of benzene rings is 2. The summed E-state index contributed by atoms with van der Waals surface area (Å²) < 4.78 is 5.31. The number of urea groups is 1. The van der Waals surface area contributed by atoms with E-state index in [9.17, 15) is 9.59 Å². The van der Waals surface area contributed by atoms with Crippen molar-refractivity contribution in [1.29, 1.82) is 0 Å². The van der Waals surface area contributed by atoms with Gasteiger partial charge in [-0.2, -0.15) is 0 Å². The van der Waals surface area contributed by atoms with E-state index in [0.717, 1.165) is 18.6 Å². The Hall–Kier alpha value is -2.38. The van der Waals surface area contributed by atoms with E-state index in [0.29, 0.717) is 41.7 Å². The van der Waals surface area contributed by atoms with Crippen molar-refractivity contribution in [3.05, 3.63) is 59.1 Å². The van der Waals surface area contributed by atoms with Crippen LogP contribution >= 0.6 is 23.4 Å². The largest absolute Gasteiger partial charge is 0.495 e. The summed E-state index contributed by atoms with van der Waals surface area (Å²) in [5, 5.41) is 3.50. The summed E-state index contributed by atoms with van der Waals surface area (Å²) in [6.45, 7) is 1.89. The fraction of sp³-hybridized carbons (Fsp3) is 0.364. The average molecular weight is 446 g/mol. The Morgan fingerprint density at radius 1 is 1.10 bits per heavy atom. The maximum absolute atomic E-state index is 13.1. The van der Waals surface area contributed by atoms with Crippen molar-refractivity contribution in [2.24, 2.45) is 0 Å². The number of anilines is 1. The van der Waals surface area contributed by atoms with Crippen LogP contribution in [-0.4, -0.2) is 59.1 Å². The van der Waals surface area contributed by atoms with Gasteiger partial charge in [0, 0.05) is 36.0 Å². The number of piperidine rings is 1. The standard InChI is InChI=1S/C22H24ClN3O3S/c1-29-19-8-3-2-7-18(19)24-21(28)25-11-9-22(10-12-25)26(13-14-30-22)20(27)16-5-4-6-17(23)15-16/h2-8,15H,9-14H2,1H3,(H,24,28). The molecule has 2 aromatic carbocycles. The zero-order valence-electron chi connectivity index (χ0n) is 16.8. The number of carbonyl (C=O) groups excluding carboxylic acids is 2. The third kappa shape index (κ3) is 4.09. The first-order valence-electron chi connectivity index (χ1n) is 9.93. The number of ether oxygens (including phenoxy) is 1. The van der Waals surface area contributed by atoms with Gasteiger partial charge in [-0.05, 0) is 43.2 Å². The van der Waals surface area contributed by atoms with Gasteiger partial charge in [0.15, 0.2) is 0 Å². The molecule has 0 bridgehead atoms. The lowest BCUT2D eigenvalue weighted by Crippen LogP contribution is -2.54. The zero-order chi connectivity index (χ0) is 21.1. The Morgan fingerprint density at radius 3 is 2.60 bits per heavy atom. The molecule has 3 amide bonds. The van der Waals surface area contributed by atoms with Crippen LogP contribution < -0.4 is 10.1 Å². The Kier molecular flexibility index (Phi) is 6.11. The van der Waals surface area contributed by atoms with Crippen molar-refractivity contribution in [3.63, 3.8) is 0 Å². The molecule has 0 aliphatic carbocycles. The number of para-hydroxylation sites is 2. The van der Waals surface area contributed by atoms with Crippen LogP contribution in [0.2, 0.25) is 5.02 Å². The van der Waals surface area contributed by atoms with Crippen molar-refractivity contribution in [2.45, 2.75) is 17.7 Å². The molecule has 2 aromatic rings. The maximum atomic E-state index is 13.1. The van der Waals surface area contributed by atoms with Crippen LogP contribution in [0.4, 0.5) is 10.5 Å². The summed E-state index contributed by atoms with van der Waals surface area (Å²) in [5.74, 6) is 1.54. The summed E-state index contributed by atoms with van der Waals surface area (Å²) in [6, 6.07) is 14.3. The number of nitrogens with zero attached hydrogens (tertiary/aromatic N) is 2. The summed E-state index contributed by atoms with van der Waals surface area (Å²) in [5.41, 5.74) is 1.26. The molecular formula is C22H24ClN3O3S. The Bertz CT molecular complexity index is 947. The van der Waals surface area contributed by atoms with Crippen molar-refractivity contribution in [3.8, 4) is 5.75 Å². The molecule has 1 spiro atoms. The first-order valence-corrected chi connectivity index (χ1v) is 11.3. The van der Waals surface area contributed by atoms with E-state index in [4.69, 9.17) is 16.3 Å². The molecule has 2 fully saturated rings. The number of nitrogens with one attached hydrogen (secondary N) is 1. The van der Waals surface area contributed by atoms with Gasteiger partial charge in [-0.25, -0.2) is 4.79 Å². The topological polar surface area (TPSA) is 61.9 Å². The minimum atomic E-state index is -0.263. The van der Waals surface area contributed by atoms with Gasteiger partial charge in [-0.1, -0.05) is 29.8 Å². The van der Waals surface area contributed by atoms with E-state index in [2.05, 4.69) is 5.32 Å². The van der Waals surface area contributed by atoms with E-state index in [1.165, 1.54) is 0 Å². The van der Waals surface area contributed by atoms with Crippen LogP contribution in [0.1, 0.15) is 23.2 Å². The van der Waals surface area contributed by atoms with E-state index < -0.39 is 0 Å². The lowest BCUT2D eigenvalue weighted by atomic mass is 10.0. The maximum Gasteiger partial charge on any atom is 0.321 e. The van der Waals surface area contributed by atoms with Crippen LogP contribution in [0.5, 0.6) is 5.75 Å². The second kappa shape index (κ2) is 8.78. The smallest absolute Gasteiger partial charge is 0.321 e. The van der Waals surface area contributed by atoms with E-state index in [1.807, 2.05) is 40.9 Å². The van der Waals surface area contributed by atoms with Gasteiger partial charge < -0.3 is 19.9 Å². The average Bonchev–Trinajstić information content (AvgIpc) is 3.16. The highest BCUT2D eigenvalue weighted by molar-refractivity contribution is 8.00. The number of methoxy groups -OCH3 is 1. The second-order valence-electron chi connectivity index (χ2n) is 7.38. The van der Waals surface area contributed by atoms with Crippen LogP contribution in [-0.2, 0) is 0 Å². The number of carbonyl (C=O) groups is 2. The molecule has 8 heteroatoms. The third-order valence-electron chi connectivity index (χ3n) is 5.67. The quantitative estimate of drug-likeness (QED) is 0.752. The fourth-order valence-corrected chi connectivity index (χ4v) is 5.73. The Labute approximate surface area is 185 Å². The van der Waals surface area contributed by atoms with Crippen molar-refractivity contribution >= 4 is 41.0 Å². The van der Waals surface area contributed by atoms with E-state index >= 15 is 0 Å². The van der Waals surface area contributed by atoms with Crippen molar-refractivity contribution in [1.82, 2.24) is 9.80 Å². The van der Waals surface area contributed by atoms with Gasteiger partial charge in [-0.3, -0.25) is 4.79 Å². The van der Waals surface area contributed by atoms with Gasteiger partial charge in [0.2, 0.25) is 0 Å². The number of amides is 3. The summed E-state index contributed by atoms with van der Waals surface area (Å²) in [4.78, 5) is 29.4. The fourth-order valence-electron chi connectivity index (χ4n) is 4.09. The minimum absolute atomic E-state index is 0.00873. The Morgan fingerprint density at radius 2 is 1.87 bits per heavy atom. The number of thioether (sulfide) groups is 1. The summed E-state index contributed by atoms with van der Waals surface area (Å²) in [7, 11) is 1.58. The third-order valence-corrected chi connectivity index (χ3v) is 7.46. The van der Waals surface area contributed by atoms with Crippen LogP contribution in [0.15, 0.2) is 48.5 Å². The van der Waals surface area contributed by atoms with Gasteiger partial charge >= 0.3 is 6.03 Å². The highest BCUT2D eigenvalue weighted by Crippen LogP contribution is 2.44. The molecule has 1 N–H and O–H groups in total. The number of likely N-dealkylation sites (tertiary alicyclic amines) is 1. The molecule has 0 unspecified atom stereocenters. The molecule has 2 aliphatic heterocycles. The lowest BCUT2D eigenvalue weighted by Gasteiger charge is -2.44. The molecule has 30 heavy (non-hydrogen) atoms. The molecule has 0 saturated carbocycles. The van der Waals surface area contributed by atoms with Crippen molar-refractivity contribution < 1.29 is 14.3 Å². The van der Waals surface area contributed by atoms with Gasteiger partial charge in [0.1, 0.15) is 5.75 Å². The number of hydrogen-bond acceptors (Lipinski definition) is 4. The minimum Gasteiger partial charge on any atom is -0.495 e. The van der Waals surface area contributed by atoms with Crippen LogP contribution in [0.3, 0.4) is 0 Å². The Balaban J connectivity index is 1.42. The van der Waals surface area contributed by atoms with Gasteiger partial charge in [0.25, 0.3) is 5.91 Å². The molecule has 0 atom stereocenters. The molecule has 4 rings (SSSR count). The first-order chi connectivity index (χ1) is 14.5. The monoisotopic (exact) mass is 445 g/mol. The number of halogens is 1. The lowest BCUT2D eigenvalue weighted by molar-refractivity contribution is 0.0585. The second-order valence-corrected chi connectivity index (χ2v) is 9.27. The normalized spacial score (nSPS) is 17.8. The predicted octanol–water partition coefficient (Wildman–Crippen LogP) is 4.56. The first kappa shape index (κ1) is 20.9. The molecule has 2 heterocycles. The molecule has 0 aromatic heterocycles. The highest BCUT2D eigenvalue weighted by Gasteiger charge is 2.47. The highest BCUT2D eigenvalue weighted by atomic mass is 35.5. The van der Waals surface area contributed by atoms with E-state index in [-0.39, 0.29) is 16.8 Å². The predicted molar refractivity (Wildman–Crippen MR) is 120 cm³/mol. The van der Waals surface area contributed by atoms with Crippen LogP contribution in [0, 0.1) is 0 Å².